The Labute approximate surface area is 131 Å². The second kappa shape index (κ2) is 5.46. The van der Waals surface area contributed by atoms with Crippen molar-refractivity contribution in [3.8, 4) is 16.8 Å². The number of anilines is 1. The zero-order valence-electron chi connectivity index (χ0n) is 12.3. The molecule has 0 fully saturated rings. The van der Waals surface area contributed by atoms with Crippen molar-refractivity contribution in [3.05, 3.63) is 65.9 Å². The predicted molar refractivity (Wildman–Crippen MR) is 83.2 cm³/mol. The highest BCUT2D eigenvalue weighted by Gasteiger charge is 2.39. The second-order valence-corrected chi connectivity index (χ2v) is 5.17. The lowest BCUT2D eigenvalue weighted by atomic mass is 10.00. The maximum Gasteiger partial charge on any atom is 0.435 e. The molecule has 0 saturated heterocycles. The molecule has 2 aromatic carbocycles. The summed E-state index contributed by atoms with van der Waals surface area (Å²) in [5.41, 5.74) is 6.59. The van der Waals surface area contributed by atoms with E-state index in [1.807, 2.05) is 0 Å². The van der Waals surface area contributed by atoms with Gasteiger partial charge in [0.05, 0.1) is 11.3 Å². The molecule has 3 nitrogen and oxygen atoms in total. The zero-order chi connectivity index (χ0) is 16.6. The lowest BCUT2D eigenvalue weighted by molar-refractivity contribution is -0.140. The third-order valence-electron chi connectivity index (χ3n) is 3.60. The number of aromatic nitrogens is 2. The molecular weight excluding hydrogens is 303 g/mol. The summed E-state index contributed by atoms with van der Waals surface area (Å²) in [5.74, 6) is -0.0298. The molecule has 0 spiro atoms. The number of aryl methyl sites for hydroxylation is 1. The van der Waals surface area contributed by atoms with Crippen LogP contribution in [0.1, 0.15) is 11.3 Å². The molecule has 0 aliphatic carbocycles. The molecule has 0 atom stereocenters. The molecule has 6 heteroatoms. The molecule has 3 aromatic rings. The smallest absolute Gasteiger partial charge is 0.383 e. The van der Waals surface area contributed by atoms with Crippen LogP contribution in [0, 0.1) is 6.92 Å². The fourth-order valence-corrected chi connectivity index (χ4v) is 2.51. The van der Waals surface area contributed by atoms with E-state index in [4.69, 9.17) is 5.73 Å². The van der Waals surface area contributed by atoms with Gasteiger partial charge >= 0.3 is 6.18 Å². The average molecular weight is 317 g/mol. The first kappa shape index (κ1) is 15.1. The average Bonchev–Trinajstić information content (AvgIpc) is 2.86. The maximum atomic E-state index is 13.4. The first-order chi connectivity index (χ1) is 10.9. The van der Waals surface area contributed by atoms with Gasteiger partial charge in [-0.05, 0) is 30.2 Å². The zero-order valence-corrected chi connectivity index (χ0v) is 12.3. The van der Waals surface area contributed by atoms with Gasteiger partial charge in [-0.2, -0.15) is 18.3 Å². The Kier molecular flexibility index (Phi) is 3.60. The van der Waals surface area contributed by atoms with Crippen LogP contribution in [0.3, 0.4) is 0 Å². The van der Waals surface area contributed by atoms with E-state index in [2.05, 4.69) is 5.10 Å². The summed E-state index contributed by atoms with van der Waals surface area (Å²) >= 11 is 0. The van der Waals surface area contributed by atoms with Gasteiger partial charge in [-0.25, -0.2) is 4.68 Å². The van der Waals surface area contributed by atoms with Crippen LogP contribution in [0.25, 0.3) is 16.8 Å². The highest BCUT2D eigenvalue weighted by atomic mass is 19.4. The van der Waals surface area contributed by atoms with Crippen LogP contribution in [-0.2, 0) is 6.18 Å². The van der Waals surface area contributed by atoms with Crippen LogP contribution in [0.15, 0.2) is 54.6 Å². The number of nitrogens with two attached hydrogens (primary N) is 1. The molecule has 23 heavy (non-hydrogen) atoms. The first-order valence-corrected chi connectivity index (χ1v) is 6.96. The van der Waals surface area contributed by atoms with E-state index in [-0.39, 0.29) is 11.4 Å². The number of hydrogen-bond donors (Lipinski definition) is 1. The van der Waals surface area contributed by atoms with E-state index in [0.717, 1.165) is 4.68 Å². The Morgan fingerprint density at radius 1 is 0.957 bits per heavy atom. The summed E-state index contributed by atoms with van der Waals surface area (Å²) in [6, 6.07) is 15.3. The van der Waals surface area contributed by atoms with Crippen LogP contribution in [0.5, 0.6) is 0 Å². The molecule has 1 aromatic heterocycles. The van der Waals surface area contributed by atoms with Crippen LogP contribution >= 0.6 is 0 Å². The number of para-hydroxylation sites is 1. The number of hydrogen-bond acceptors (Lipinski definition) is 2. The molecule has 118 valence electrons. The topological polar surface area (TPSA) is 43.8 Å². The van der Waals surface area contributed by atoms with E-state index in [1.54, 1.807) is 61.5 Å². The highest BCUT2D eigenvalue weighted by molar-refractivity contribution is 5.80. The maximum absolute atomic E-state index is 13.4. The Morgan fingerprint density at radius 2 is 1.57 bits per heavy atom. The van der Waals surface area contributed by atoms with Crippen LogP contribution < -0.4 is 5.73 Å². The molecule has 0 radical (unpaired) electrons. The van der Waals surface area contributed by atoms with Gasteiger partial charge in [-0.1, -0.05) is 42.5 Å². The fourth-order valence-electron chi connectivity index (χ4n) is 2.51. The van der Waals surface area contributed by atoms with Crippen LogP contribution in [0.4, 0.5) is 19.0 Å². The van der Waals surface area contributed by atoms with Gasteiger partial charge < -0.3 is 5.73 Å². The summed E-state index contributed by atoms with van der Waals surface area (Å²) in [7, 11) is 0. The van der Waals surface area contributed by atoms with E-state index in [1.165, 1.54) is 0 Å². The lowest BCUT2D eigenvalue weighted by Gasteiger charge is -2.09. The molecule has 0 unspecified atom stereocenters. The minimum Gasteiger partial charge on any atom is -0.383 e. The van der Waals surface area contributed by atoms with Gasteiger partial charge in [-0.3, -0.25) is 0 Å². The minimum atomic E-state index is -4.59. The standard InChI is InChI=1S/C17H14F3N3/c1-11-7-5-6-10-13(11)14-15(17(18,19)20)22-23(16(14)21)12-8-3-2-4-9-12/h2-10H,21H2,1H3. The Balaban J connectivity index is 2.31. The minimum absolute atomic E-state index is 0.0298. The number of benzene rings is 2. The van der Waals surface area contributed by atoms with Crippen LogP contribution in [0.2, 0.25) is 0 Å². The lowest BCUT2D eigenvalue weighted by Crippen LogP contribution is -2.08. The fraction of sp³-hybridized carbons (Fsp3) is 0.118. The van der Waals surface area contributed by atoms with E-state index in [0.29, 0.717) is 16.8 Å². The van der Waals surface area contributed by atoms with Gasteiger partial charge in [0.25, 0.3) is 0 Å². The van der Waals surface area contributed by atoms with Crippen molar-refractivity contribution >= 4 is 5.82 Å². The van der Waals surface area contributed by atoms with Gasteiger partial charge in [0, 0.05) is 0 Å². The number of alkyl halides is 3. The van der Waals surface area contributed by atoms with Crippen molar-refractivity contribution in [1.82, 2.24) is 9.78 Å². The highest BCUT2D eigenvalue weighted by Crippen LogP contribution is 2.41. The van der Waals surface area contributed by atoms with Gasteiger partial charge in [0.15, 0.2) is 5.69 Å². The number of nitrogens with zero attached hydrogens (tertiary/aromatic N) is 2. The summed E-state index contributed by atoms with van der Waals surface area (Å²) in [6.45, 7) is 1.74. The molecule has 0 saturated carbocycles. The molecule has 2 N–H and O–H groups in total. The van der Waals surface area contributed by atoms with Crippen molar-refractivity contribution in [3.63, 3.8) is 0 Å². The van der Waals surface area contributed by atoms with E-state index >= 15 is 0 Å². The van der Waals surface area contributed by atoms with Crippen molar-refractivity contribution in [2.24, 2.45) is 0 Å². The van der Waals surface area contributed by atoms with Crippen molar-refractivity contribution in [2.45, 2.75) is 13.1 Å². The van der Waals surface area contributed by atoms with E-state index < -0.39 is 11.9 Å². The number of rotatable bonds is 2. The summed E-state index contributed by atoms with van der Waals surface area (Å²) < 4.78 is 41.5. The first-order valence-electron chi connectivity index (χ1n) is 6.96. The van der Waals surface area contributed by atoms with Gasteiger partial charge in [0.2, 0.25) is 0 Å². The summed E-state index contributed by atoms with van der Waals surface area (Å²) in [6.07, 6.45) is -4.59. The summed E-state index contributed by atoms with van der Waals surface area (Å²) in [4.78, 5) is 0. The van der Waals surface area contributed by atoms with Crippen molar-refractivity contribution in [1.29, 1.82) is 0 Å². The third-order valence-corrected chi connectivity index (χ3v) is 3.60. The predicted octanol–water partition coefficient (Wildman–Crippen LogP) is 4.45. The SMILES string of the molecule is Cc1ccccc1-c1c(C(F)(F)F)nn(-c2ccccc2)c1N. The molecule has 3 rings (SSSR count). The second-order valence-electron chi connectivity index (χ2n) is 5.17. The van der Waals surface area contributed by atoms with Gasteiger partial charge in [-0.15, -0.1) is 0 Å². The Morgan fingerprint density at radius 3 is 2.17 bits per heavy atom. The number of nitrogen functional groups attached to an aromatic ring is 1. The molecule has 0 bridgehead atoms. The molecule has 0 amide bonds. The quantitative estimate of drug-likeness (QED) is 0.759. The molecule has 0 aliphatic rings. The number of halogens is 3. The third kappa shape index (κ3) is 2.67. The van der Waals surface area contributed by atoms with Crippen molar-refractivity contribution in [2.75, 3.05) is 5.73 Å². The van der Waals surface area contributed by atoms with Crippen molar-refractivity contribution < 1.29 is 13.2 Å². The largest absolute Gasteiger partial charge is 0.435 e. The molecule has 1 heterocycles. The Bertz CT molecular complexity index is 836. The normalized spacial score (nSPS) is 11.7. The summed E-state index contributed by atoms with van der Waals surface area (Å²) in [5, 5.41) is 3.74. The van der Waals surface area contributed by atoms with Crippen LogP contribution in [-0.4, -0.2) is 9.78 Å². The molecular formula is C17H14F3N3. The monoisotopic (exact) mass is 317 g/mol. The van der Waals surface area contributed by atoms with Gasteiger partial charge in [0.1, 0.15) is 5.82 Å². The Hall–Kier alpha value is -2.76. The van der Waals surface area contributed by atoms with E-state index in [9.17, 15) is 13.2 Å². The molecule has 0 aliphatic heterocycles.